The van der Waals surface area contributed by atoms with Gasteiger partial charge in [0, 0.05) is 11.8 Å². The average molecular weight is 210 g/mol. The molecule has 80 valence electrons. The van der Waals surface area contributed by atoms with Crippen molar-refractivity contribution >= 4 is 5.78 Å². The molecule has 3 aliphatic rings. The molecule has 0 fully saturated rings. The van der Waals surface area contributed by atoms with Gasteiger partial charge in [0.15, 0.2) is 5.78 Å². The van der Waals surface area contributed by atoms with Gasteiger partial charge in [0.1, 0.15) is 0 Å². The van der Waals surface area contributed by atoms with E-state index in [9.17, 15) is 4.79 Å². The summed E-state index contributed by atoms with van der Waals surface area (Å²) in [5.74, 6) is 1.22. The van der Waals surface area contributed by atoms with Gasteiger partial charge in [0.2, 0.25) is 0 Å². The molecular formula is C15H14O. The third-order valence-electron chi connectivity index (χ3n) is 3.61. The summed E-state index contributed by atoms with van der Waals surface area (Å²) in [4.78, 5) is 11.7. The van der Waals surface area contributed by atoms with Crippen LogP contribution in [0.15, 0.2) is 54.6 Å². The maximum absolute atomic E-state index is 11.7. The van der Waals surface area contributed by atoms with Crippen LogP contribution < -0.4 is 0 Å². The third kappa shape index (κ3) is 1.53. The Labute approximate surface area is 95.5 Å². The molecule has 1 aromatic carbocycles. The molecule has 1 nitrogen and oxygen atoms in total. The van der Waals surface area contributed by atoms with E-state index in [1.165, 1.54) is 5.56 Å². The largest absolute Gasteiger partial charge is 0.294 e. The molecule has 0 saturated heterocycles. The van der Waals surface area contributed by atoms with Gasteiger partial charge in [-0.2, -0.15) is 0 Å². The number of ketones is 1. The normalized spacial score (nSPS) is 31.8. The first kappa shape index (κ1) is 9.59. The lowest BCUT2D eigenvalue weighted by Gasteiger charge is -2.27. The molecule has 16 heavy (non-hydrogen) atoms. The number of fused-ring (bicyclic) bond motifs is 2. The fraction of sp³-hybridized carbons (Fsp3) is 0.267. The Kier molecular flexibility index (Phi) is 2.24. The highest BCUT2D eigenvalue weighted by Gasteiger charge is 2.31. The van der Waals surface area contributed by atoms with Crippen LogP contribution in [0.3, 0.4) is 0 Å². The summed E-state index contributed by atoms with van der Waals surface area (Å²) in [6, 6.07) is 10.5. The van der Waals surface area contributed by atoms with Crippen LogP contribution >= 0.6 is 0 Å². The standard InChI is InChI=1S/C15H14O/c16-15-9-8-12-6-7-13(15)10-14(12)11-4-2-1-3-5-11/h1-9,12-14H,10H2/t12-,13+,14-/m0/s1. The predicted molar refractivity (Wildman–Crippen MR) is 64.1 cm³/mol. The lowest BCUT2D eigenvalue weighted by atomic mass is 9.76. The molecule has 2 bridgehead atoms. The highest BCUT2D eigenvalue weighted by Crippen LogP contribution is 2.39. The van der Waals surface area contributed by atoms with E-state index < -0.39 is 0 Å². The van der Waals surface area contributed by atoms with Crippen LogP contribution in [0, 0.1) is 11.8 Å². The summed E-state index contributed by atoms with van der Waals surface area (Å²) in [6.07, 6.45) is 9.04. The number of benzene rings is 1. The minimum Gasteiger partial charge on any atom is -0.294 e. The zero-order chi connectivity index (χ0) is 11.0. The molecule has 4 rings (SSSR count). The molecule has 0 N–H and O–H groups in total. The summed E-state index contributed by atoms with van der Waals surface area (Å²) < 4.78 is 0. The van der Waals surface area contributed by atoms with Crippen molar-refractivity contribution in [3.05, 3.63) is 60.2 Å². The van der Waals surface area contributed by atoms with Crippen LogP contribution in [-0.2, 0) is 4.79 Å². The van der Waals surface area contributed by atoms with Gasteiger partial charge in [-0.15, -0.1) is 0 Å². The lowest BCUT2D eigenvalue weighted by Crippen LogP contribution is -2.18. The zero-order valence-corrected chi connectivity index (χ0v) is 9.04. The molecule has 3 aliphatic carbocycles. The lowest BCUT2D eigenvalue weighted by molar-refractivity contribution is -0.117. The average Bonchev–Trinajstić information content (AvgIpc) is 2.62. The smallest absolute Gasteiger partial charge is 0.162 e. The molecule has 0 radical (unpaired) electrons. The Bertz CT molecular complexity index is 456. The second-order valence-corrected chi connectivity index (χ2v) is 4.58. The van der Waals surface area contributed by atoms with E-state index in [1.807, 2.05) is 6.07 Å². The Balaban J connectivity index is 1.98. The van der Waals surface area contributed by atoms with Gasteiger partial charge in [0.05, 0.1) is 0 Å². The van der Waals surface area contributed by atoms with Crippen LogP contribution in [0.25, 0.3) is 0 Å². The van der Waals surface area contributed by atoms with Gasteiger partial charge in [-0.05, 0) is 24.0 Å². The number of hydrogen-bond donors (Lipinski definition) is 0. The van der Waals surface area contributed by atoms with Crippen molar-refractivity contribution in [3.8, 4) is 0 Å². The summed E-state index contributed by atoms with van der Waals surface area (Å²) in [6.45, 7) is 0. The van der Waals surface area contributed by atoms with Gasteiger partial charge >= 0.3 is 0 Å². The molecule has 3 atom stereocenters. The van der Waals surface area contributed by atoms with Gasteiger partial charge in [0.25, 0.3) is 0 Å². The minimum atomic E-state index is 0.0974. The van der Waals surface area contributed by atoms with E-state index in [2.05, 4.69) is 42.5 Å². The third-order valence-corrected chi connectivity index (χ3v) is 3.61. The molecule has 0 amide bonds. The van der Waals surface area contributed by atoms with Crippen molar-refractivity contribution in [1.29, 1.82) is 0 Å². The molecule has 0 aliphatic heterocycles. The number of rotatable bonds is 1. The van der Waals surface area contributed by atoms with Crippen molar-refractivity contribution < 1.29 is 4.79 Å². The Hall–Kier alpha value is -1.63. The molecule has 0 heterocycles. The SMILES string of the molecule is O=C1C=C[C@@H]2C=C[C@@H]1C[C@H]2c1ccccc1. The molecule has 0 aromatic heterocycles. The fourth-order valence-corrected chi connectivity index (χ4v) is 2.70. The van der Waals surface area contributed by atoms with Gasteiger partial charge in [-0.3, -0.25) is 4.79 Å². The van der Waals surface area contributed by atoms with E-state index in [4.69, 9.17) is 0 Å². The summed E-state index contributed by atoms with van der Waals surface area (Å²) in [5, 5.41) is 0. The van der Waals surface area contributed by atoms with Crippen LogP contribution in [-0.4, -0.2) is 5.78 Å². The minimum absolute atomic E-state index is 0.0974. The quantitative estimate of drug-likeness (QED) is 0.651. The monoisotopic (exact) mass is 210 g/mol. The maximum atomic E-state index is 11.7. The molecule has 0 unspecified atom stereocenters. The highest BCUT2D eigenvalue weighted by molar-refractivity contribution is 5.94. The summed E-state index contributed by atoms with van der Waals surface area (Å²) in [5.41, 5.74) is 1.35. The van der Waals surface area contributed by atoms with Crippen molar-refractivity contribution in [2.45, 2.75) is 12.3 Å². The van der Waals surface area contributed by atoms with Crippen molar-refractivity contribution in [1.82, 2.24) is 0 Å². The van der Waals surface area contributed by atoms with Crippen LogP contribution in [0.2, 0.25) is 0 Å². The van der Waals surface area contributed by atoms with Crippen LogP contribution in [0.1, 0.15) is 17.9 Å². The van der Waals surface area contributed by atoms with Gasteiger partial charge in [-0.25, -0.2) is 0 Å². The Morgan fingerprint density at radius 2 is 1.81 bits per heavy atom. The predicted octanol–water partition coefficient (Wildman–Crippen LogP) is 3.10. The highest BCUT2D eigenvalue weighted by atomic mass is 16.1. The molecular weight excluding hydrogens is 196 g/mol. The van der Waals surface area contributed by atoms with E-state index in [0.717, 1.165) is 6.42 Å². The van der Waals surface area contributed by atoms with Gasteiger partial charge in [-0.1, -0.05) is 48.6 Å². The first-order valence-electron chi connectivity index (χ1n) is 5.80. The second-order valence-electron chi connectivity index (χ2n) is 4.58. The number of carbonyl (C=O) groups excluding carboxylic acids is 1. The molecule has 0 saturated carbocycles. The summed E-state index contributed by atoms with van der Waals surface area (Å²) in [7, 11) is 0. The van der Waals surface area contributed by atoms with Crippen molar-refractivity contribution in [3.63, 3.8) is 0 Å². The second kappa shape index (κ2) is 3.75. The molecule has 1 aromatic rings. The molecule has 0 spiro atoms. The van der Waals surface area contributed by atoms with Gasteiger partial charge < -0.3 is 0 Å². The number of allylic oxidation sites excluding steroid dienone is 4. The number of carbonyl (C=O) groups is 1. The first-order valence-corrected chi connectivity index (χ1v) is 5.80. The summed E-state index contributed by atoms with van der Waals surface area (Å²) >= 11 is 0. The fourth-order valence-electron chi connectivity index (χ4n) is 2.70. The van der Waals surface area contributed by atoms with E-state index >= 15 is 0 Å². The molecule has 1 heteroatoms. The van der Waals surface area contributed by atoms with E-state index in [-0.39, 0.29) is 11.7 Å². The van der Waals surface area contributed by atoms with Crippen molar-refractivity contribution in [2.75, 3.05) is 0 Å². The van der Waals surface area contributed by atoms with E-state index in [0.29, 0.717) is 11.8 Å². The van der Waals surface area contributed by atoms with Crippen LogP contribution in [0.5, 0.6) is 0 Å². The van der Waals surface area contributed by atoms with Crippen molar-refractivity contribution in [2.24, 2.45) is 11.8 Å². The zero-order valence-electron chi connectivity index (χ0n) is 9.04. The maximum Gasteiger partial charge on any atom is 0.162 e. The number of hydrogen-bond acceptors (Lipinski definition) is 1. The topological polar surface area (TPSA) is 17.1 Å². The van der Waals surface area contributed by atoms with Crippen LogP contribution in [0.4, 0.5) is 0 Å². The first-order chi connectivity index (χ1) is 7.84. The van der Waals surface area contributed by atoms with E-state index in [1.54, 1.807) is 6.08 Å². The Morgan fingerprint density at radius 3 is 2.62 bits per heavy atom. The Morgan fingerprint density at radius 1 is 1.00 bits per heavy atom.